The summed E-state index contributed by atoms with van der Waals surface area (Å²) in [7, 11) is 0. The van der Waals surface area contributed by atoms with Crippen molar-refractivity contribution in [2.75, 3.05) is 19.6 Å². The summed E-state index contributed by atoms with van der Waals surface area (Å²) in [6, 6.07) is 7.95. The Bertz CT molecular complexity index is 392. The number of aliphatic hydroxyl groups excluding tert-OH is 1. The summed E-state index contributed by atoms with van der Waals surface area (Å²) >= 11 is 3.51. The monoisotopic (exact) mass is 325 g/mol. The van der Waals surface area contributed by atoms with Gasteiger partial charge in [-0.15, -0.1) is 0 Å². The normalized spacial score (nSPS) is 17.5. The van der Waals surface area contributed by atoms with Gasteiger partial charge >= 0.3 is 0 Å². The molecule has 3 heteroatoms. The molecule has 0 bridgehead atoms. The SMILES string of the molecule is CCN(CCC(O)c1ccccc1Br)CC1CCC1. The lowest BCUT2D eigenvalue weighted by molar-refractivity contribution is 0.126. The first-order chi connectivity index (χ1) is 9.20. The van der Waals surface area contributed by atoms with Crippen LogP contribution in [0.15, 0.2) is 28.7 Å². The molecule has 2 rings (SSSR count). The lowest BCUT2D eigenvalue weighted by Gasteiger charge is -2.32. The molecule has 0 aromatic heterocycles. The van der Waals surface area contributed by atoms with E-state index in [1.807, 2.05) is 24.3 Å². The molecule has 1 aliphatic rings. The van der Waals surface area contributed by atoms with Crippen molar-refractivity contribution in [2.24, 2.45) is 5.92 Å². The van der Waals surface area contributed by atoms with E-state index >= 15 is 0 Å². The Morgan fingerprint density at radius 2 is 2.11 bits per heavy atom. The molecule has 0 spiro atoms. The second-order valence-corrected chi connectivity index (χ2v) is 6.37. The van der Waals surface area contributed by atoms with Gasteiger partial charge in [0.15, 0.2) is 0 Å². The van der Waals surface area contributed by atoms with Gasteiger partial charge in [-0.3, -0.25) is 0 Å². The van der Waals surface area contributed by atoms with Crippen molar-refractivity contribution in [3.05, 3.63) is 34.3 Å². The van der Waals surface area contributed by atoms with Crippen LogP contribution < -0.4 is 0 Å². The van der Waals surface area contributed by atoms with Crippen LogP contribution in [0.4, 0.5) is 0 Å². The highest BCUT2D eigenvalue weighted by molar-refractivity contribution is 9.10. The molecular weight excluding hydrogens is 302 g/mol. The van der Waals surface area contributed by atoms with Crippen molar-refractivity contribution < 1.29 is 5.11 Å². The first kappa shape index (κ1) is 15.0. The Balaban J connectivity index is 1.81. The fraction of sp³-hybridized carbons (Fsp3) is 0.625. The van der Waals surface area contributed by atoms with Crippen LogP contribution in [-0.4, -0.2) is 29.6 Å². The van der Waals surface area contributed by atoms with Crippen molar-refractivity contribution in [1.82, 2.24) is 4.90 Å². The second-order valence-electron chi connectivity index (χ2n) is 5.52. The van der Waals surface area contributed by atoms with Gasteiger partial charge < -0.3 is 10.0 Å². The highest BCUT2D eigenvalue weighted by atomic mass is 79.9. The van der Waals surface area contributed by atoms with Gasteiger partial charge in [0.1, 0.15) is 0 Å². The Kier molecular flexibility index (Phi) is 5.86. The summed E-state index contributed by atoms with van der Waals surface area (Å²) in [5, 5.41) is 10.3. The minimum Gasteiger partial charge on any atom is -0.388 e. The molecule has 1 N–H and O–H groups in total. The molecule has 2 nitrogen and oxygen atoms in total. The van der Waals surface area contributed by atoms with Crippen LogP contribution >= 0.6 is 15.9 Å². The first-order valence-corrected chi connectivity index (χ1v) is 8.14. The van der Waals surface area contributed by atoms with Gasteiger partial charge in [0.2, 0.25) is 0 Å². The van der Waals surface area contributed by atoms with Gasteiger partial charge in [0, 0.05) is 17.6 Å². The largest absolute Gasteiger partial charge is 0.388 e. The Hall–Kier alpha value is -0.380. The fourth-order valence-corrected chi connectivity index (χ4v) is 3.17. The average Bonchev–Trinajstić information content (AvgIpc) is 2.37. The third-order valence-corrected chi connectivity index (χ3v) is 4.89. The predicted octanol–water partition coefficient (Wildman–Crippen LogP) is 3.99. The zero-order valence-corrected chi connectivity index (χ0v) is 13.3. The van der Waals surface area contributed by atoms with Crippen LogP contribution in [0.5, 0.6) is 0 Å². The van der Waals surface area contributed by atoms with E-state index in [0.717, 1.165) is 35.5 Å². The first-order valence-electron chi connectivity index (χ1n) is 7.35. The standard InChI is InChI=1S/C16H24BrNO/c1-2-18(12-13-6-5-7-13)11-10-16(19)14-8-3-4-9-15(14)17/h3-4,8-9,13,16,19H,2,5-7,10-12H2,1H3. The van der Waals surface area contributed by atoms with E-state index < -0.39 is 0 Å². The Morgan fingerprint density at radius 3 is 2.68 bits per heavy atom. The van der Waals surface area contributed by atoms with Crippen LogP contribution in [0.2, 0.25) is 0 Å². The van der Waals surface area contributed by atoms with Gasteiger partial charge in [-0.1, -0.05) is 47.5 Å². The van der Waals surface area contributed by atoms with Crippen LogP contribution in [0.3, 0.4) is 0 Å². The predicted molar refractivity (Wildman–Crippen MR) is 83.2 cm³/mol. The van der Waals surface area contributed by atoms with Crippen LogP contribution in [0.1, 0.15) is 44.3 Å². The zero-order chi connectivity index (χ0) is 13.7. The zero-order valence-electron chi connectivity index (χ0n) is 11.7. The summed E-state index contributed by atoms with van der Waals surface area (Å²) < 4.78 is 1.00. The molecule has 0 radical (unpaired) electrons. The summed E-state index contributed by atoms with van der Waals surface area (Å²) in [6.07, 6.45) is 4.63. The van der Waals surface area contributed by atoms with E-state index in [9.17, 15) is 5.11 Å². The average molecular weight is 326 g/mol. The molecule has 1 unspecified atom stereocenters. The molecule has 0 heterocycles. The van der Waals surface area contributed by atoms with Crippen LogP contribution in [-0.2, 0) is 0 Å². The Morgan fingerprint density at radius 1 is 1.37 bits per heavy atom. The van der Waals surface area contributed by atoms with Gasteiger partial charge in [-0.2, -0.15) is 0 Å². The molecule has 1 aliphatic carbocycles. The molecule has 1 aromatic carbocycles. The molecule has 19 heavy (non-hydrogen) atoms. The van der Waals surface area contributed by atoms with E-state index in [0.29, 0.717) is 0 Å². The fourth-order valence-electron chi connectivity index (χ4n) is 2.62. The van der Waals surface area contributed by atoms with Gasteiger partial charge in [0.25, 0.3) is 0 Å². The van der Waals surface area contributed by atoms with Gasteiger partial charge in [-0.25, -0.2) is 0 Å². The molecule has 1 fully saturated rings. The summed E-state index contributed by atoms with van der Waals surface area (Å²) in [5.74, 6) is 0.903. The number of rotatable bonds is 7. The number of halogens is 1. The smallest absolute Gasteiger partial charge is 0.0813 e. The number of benzene rings is 1. The molecule has 1 atom stereocenters. The molecular formula is C16H24BrNO. The second kappa shape index (κ2) is 7.41. The maximum atomic E-state index is 10.3. The molecule has 0 saturated heterocycles. The molecule has 106 valence electrons. The van der Waals surface area contributed by atoms with Crippen LogP contribution in [0.25, 0.3) is 0 Å². The van der Waals surface area contributed by atoms with Crippen molar-refractivity contribution in [3.63, 3.8) is 0 Å². The number of aliphatic hydroxyl groups is 1. The number of hydrogen-bond acceptors (Lipinski definition) is 2. The minimum atomic E-state index is -0.369. The maximum absolute atomic E-state index is 10.3. The number of nitrogens with zero attached hydrogens (tertiary/aromatic N) is 1. The summed E-state index contributed by atoms with van der Waals surface area (Å²) in [6.45, 7) is 5.48. The van der Waals surface area contributed by atoms with Gasteiger partial charge in [0.05, 0.1) is 6.10 Å². The molecule has 1 aromatic rings. The minimum absolute atomic E-state index is 0.369. The third-order valence-electron chi connectivity index (χ3n) is 4.17. The van der Waals surface area contributed by atoms with Crippen molar-refractivity contribution in [2.45, 2.75) is 38.7 Å². The van der Waals surface area contributed by atoms with Crippen molar-refractivity contribution in [3.8, 4) is 0 Å². The quantitative estimate of drug-likeness (QED) is 0.819. The molecule has 0 amide bonds. The molecule has 1 saturated carbocycles. The topological polar surface area (TPSA) is 23.5 Å². The lowest BCUT2D eigenvalue weighted by atomic mass is 9.85. The summed E-state index contributed by atoms with van der Waals surface area (Å²) in [4.78, 5) is 2.48. The van der Waals surface area contributed by atoms with Gasteiger partial charge in [-0.05, 0) is 43.4 Å². The highest BCUT2D eigenvalue weighted by Crippen LogP contribution is 2.28. The van der Waals surface area contributed by atoms with Crippen LogP contribution in [0, 0.1) is 5.92 Å². The van der Waals surface area contributed by atoms with E-state index in [1.54, 1.807) is 0 Å². The molecule has 0 aliphatic heterocycles. The van der Waals surface area contributed by atoms with Crippen molar-refractivity contribution >= 4 is 15.9 Å². The third kappa shape index (κ3) is 4.30. The van der Waals surface area contributed by atoms with E-state index in [-0.39, 0.29) is 6.10 Å². The van der Waals surface area contributed by atoms with E-state index in [2.05, 4.69) is 27.8 Å². The highest BCUT2D eigenvalue weighted by Gasteiger charge is 2.20. The number of hydrogen-bond donors (Lipinski definition) is 1. The lowest BCUT2D eigenvalue weighted by Crippen LogP contribution is -2.33. The maximum Gasteiger partial charge on any atom is 0.0813 e. The van der Waals surface area contributed by atoms with E-state index in [1.165, 1.54) is 25.8 Å². The van der Waals surface area contributed by atoms with E-state index in [4.69, 9.17) is 0 Å². The Labute approximate surface area is 124 Å². The van der Waals surface area contributed by atoms with Crippen molar-refractivity contribution in [1.29, 1.82) is 0 Å². The summed E-state index contributed by atoms with van der Waals surface area (Å²) in [5.41, 5.74) is 1.00.